The minimum absolute atomic E-state index is 0.0170. The fourth-order valence-corrected chi connectivity index (χ4v) is 16.8. The molecule has 4 N–H and O–H groups in total. The van der Waals surface area contributed by atoms with E-state index in [1.165, 1.54) is 0 Å². The zero-order valence-electron chi connectivity index (χ0n) is 22.3. The molecule has 0 bridgehead atoms. The first-order valence-corrected chi connectivity index (χ1v) is 23.0. The van der Waals surface area contributed by atoms with Gasteiger partial charge in [-0.25, -0.2) is 0 Å². The molecule has 14 heteroatoms. The molecule has 1 radical (unpaired) electrons. The van der Waals surface area contributed by atoms with Crippen molar-refractivity contribution in [2.45, 2.75) is 83.2 Å². The third-order valence-electron chi connectivity index (χ3n) is 4.11. The highest BCUT2D eigenvalue weighted by molar-refractivity contribution is 6.85. The number of ether oxygens (including phenoxy) is 3. The van der Waals surface area contributed by atoms with Crippen LogP contribution in [-0.2, 0) is 26.6 Å². The third-order valence-corrected chi connectivity index (χ3v) is 16.0. The lowest BCUT2D eigenvalue weighted by molar-refractivity contribution is -0.0874. The molecule has 3 atom stereocenters. The van der Waals surface area contributed by atoms with Crippen molar-refractivity contribution >= 4 is 34.5 Å². The first-order valence-electron chi connectivity index (χ1n) is 11.9. The molecule has 0 aromatic heterocycles. The van der Waals surface area contributed by atoms with Gasteiger partial charge in [0.15, 0.2) is 16.6 Å². The van der Waals surface area contributed by atoms with Gasteiger partial charge in [0.25, 0.3) is 0 Å². The molecule has 205 valence electrons. The standard InChI is InChI=1S/C20H49O10Si4/c1-31(28-32(2,3)4)29-34(8,30-33(5,6)7)11-9-10-27-20(16-25-14-18(23)12-21)17-26-15-19(24)13-22/h18-24H,9-17H2,1-8H3. The van der Waals surface area contributed by atoms with Gasteiger partial charge >= 0.3 is 17.8 Å². The average Bonchev–Trinajstić information content (AvgIpc) is 2.67. The summed E-state index contributed by atoms with van der Waals surface area (Å²) in [4.78, 5) is 0. The summed E-state index contributed by atoms with van der Waals surface area (Å²) in [5, 5.41) is 36.8. The Hall–Kier alpha value is 0.468. The zero-order chi connectivity index (χ0) is 26.4. The second-order valence-electron chi connectivity index (χ2n) is 10.5. The average molecular weight is 562 g/mol. The van der Waals surface area contributed by atoms with Gasteiger partial charge < -0.3 is 47.0 Å². The molecule has 10 nitrogen and oxygen atoms in total. The highest BCUT2D eigenvalue weighted by atomic mass is 28.5. The predicted octanol–water partition coefficient (Wildman–Crippen LogP) is 1.41. The lowest BCUT2D eigenvalue weighted by atomic mass is 10.3. The van der Waals surface area contributed by atoms with E-state index in [0.29, 0.717) is 6.61 Å². The second kappa shape index (κ2) is 17.1. The summed E-state index contributed by atoms with van der Waals surface area (Å²) < 4.78 is 36.0. The molecule has 0 spiro atoms. The fourth-order valence-electron chi connectivity index (χ4n) is 3.09. The molecule has 0 aliphatic heterocycles. The topological polar surface area (TPSA) is 136 Å². The minimum Gasteiger partial charge on any atom is -0.437 e. The Bertz CT molecular complexity index is 505. The number of hydrogen-bond donors (Lipinski definition) is 4. The monoisotopic (exact) mass is 561 g/mol. The Morgan fingerprint density at radius 2 is 1.24 bits per heavy atom. The first-order chi connectivity index (χ1) is 15.6. The van der Waals surface area contributed by atoms with E-state index in [0.717, 1.165) is 12.5 Å². The molecule has 0 heterocycles. The van der Waals surface area contributed by atoms with Gasteiger partial charge in [0.05, 0.1) is 39.6 Å². The maximum absolute atomic E-state index is 9.46. The van der Waals surface area contributed by atoms with Gasteiger partial charge in [0, 0.05) is 6.61 Å². The van der Waals surface area contributed by atoms with Gasteiger partial charge in [-0.2, -0.15) is 0 Å². The smallest absolute Gasteiger partial charge is 0.360 e. The quantitative estimate of drug-likeness (QED) is 0.120. The van der Waals surface area contributed by atoms with Gasteiger partial charge in [-0.15, -0.1) is 0 Å². The summed E-state index contributed by atoms with van der Waals surface area (Å²) >= 11 is 0. The van der Waals surface area contributed by atoms with E-state index in [9.17, 15) is 10.2 Å². The molecule has 0 amide bonds. The molecule has 0 aliphatic rings. The summed E-state index contributed by atoms with van der Waals surface area (Å²) in [7, 11) is -7.42. The van der Waals surface area contributed by atoms with Crippen LogP contribution in [0.4, 0.5) is 0 Å². The Morgan fingerprint density at radius 3 is 1.65 bits per heavy atom. The number of rotatable bonds is 21. The van der Waals surface area contributed by atoms with E-state index in [4.69, 9.17) is 36.8 Å². The van der Waals surface area contributed by atoms with Crippen LogP contribution in [0.5, 0.6) is 0 Å². The summed E-state index contributed by atoms with van der Waals surface area (Å²) in [5.74, 6) is 0. The SMILES string of the molecule is C[Si](O[Si](C)(C)C)O[Si](C)(CCCOC(COCC(O)CO)COCC(O)CO)O[Si](C)(C)C. The van der Waals surface area contributed by atoms with E-state index in [-0.39, 0.29) is 39.6 Å². The normalized spacial score (nSPS) is 17.6. The molecular weight excluding hydrogens is 513 g/mol. The maximum atomic E-state index is 9.46. The van der Waals surface area contributed by atoms with Crippen LogP contribution >= 0.6 is 0 Å². The van der Waals surface area contributed by atoms with Crippen molar-refractivity contribution in [3.05, 3.63) is 0 Å². The minimum atomic E-state index is -2.47. The molecule has 0 fully saturated rings. The summed E-state index contributed by atoms with van der Waals surface area (Å²) in [6.07, 6.45) is -1.61. The number of aliphatic hydroxyl groups excluding tert-OH is 4. The molecule has 34 heavy (non-hydrogen) atoms. The van der Waals surface area contributed by atoms with Crippen LogP contribution in [0.15, 0.2) is 0 Å². The second-order valence-corrected chi connectivity index (χ2v) is 25.2. The molecule has 0 aromatic carbocycles. The zero-order valence-corrected chi connectivity index (χ0v) is 26.3. The fraction of sp³-hybridized carbons (Fsp3) is 1.00. The predicted molar refractivity (Wildman–Crippen MR) is 140 cm³/mol. The summed E-state index contributed by atoms with van der Waals surface area (Å²) in [5.41, 5.74) is 0. The lowest BCUT2D eigenvalue weighted by Gasteiger charge is -2.36. The van der Waals surface area contributed by atoms with Crippen LogP contribution in [0.1, 0.15) is 6.42 Å². The molecule has 0 saturated carbocycles. The Balaban J connectivity index is 4.84. The van der Waals surface area contributed by atoms with Crippen LogP contribution < -0.4 is 0 Å². The highest BCUT2D eigenvalue weighted by Crippen LogP contribution is 2.23. The number of aliphatic hydroxyl groups is 4. The van der Waals surface area contributed by atoms with Crippen LogP contribution in [0.2, 0.25) is 58.4 Å². The van der Waals surface area contributed by atoms with Crippen LogP contribution in [0, 0.1) is 0 Å². The van der Waals surface area contributed by atoms with Crippen molar-refractivity contribution in [3.63, 3.8) is 0 Å². The lowest BCUT2D eigenvalue weighted by Crippen LogP contribution is -2.51. The van der Waals surface area contributed by atoms with Crippen LogP contribution in [-0.4, -0.2) is 119 Å². The Labute approximate surface area is 210 Å². The Kier molecular flexibility index (Phi) is 17.3. The van der Waals surface area contributed by atoms with Crippen molar-refractivity contribution in [2.24, 2.45) is 0 Å². The summed E-state index contributed by atoms with van der Waals surface area (Å²) in [6, 6.07) is 0.759. The van der Waals surface area contributed by atoms with Gasteiger partial charge in [0.1, 0.15) is 18.3 Å². The van der Waals surface area contributed by atoms with Crippen LogP contribution in [0.3, 0.4) is 0 Å². The molecule has 0 rings (SSSR count). The van der Waals surface area contributed by atoms with E-state index in [2.05, 4.69) is 45.8 Å². The molecule has 0 aromatic rings. The van der Waals surface area contributed by atoms with Crippen molar-refractivity contribution in [3.8, 4) is 0 Å². The van der Waals surface area contributed by atoms with Crippen molar-refractivity contribution < 1.29 is 47.0 Å². The van der Waals surface area contributed by atoms with E-state index in [1.807, 2.05) is 6.55 Å². The van der Waals surface area contributed by atoms with E-state index < -0.39 is 52.8 Å². The molecule has 0 aliphatic carbocycles. The highest BCUT2D eigenvalue weighted by Gasteiger charge is 2.39. The van der Waals surface area contributed by atoms with Gasteiger partial charge in [-0.05, 0) is 64.8 Å². The number of hydrogen-bond acceptors (Lipinski definition) is 10. The first kappa shape index (κ1) is 34.5. The maximum Gasteiger partial charge on any atom is 0.360 e. The Morgan fingerprint density at radius 1 is 0.735 bits per heavy atom. The van der Waals surface area contributed by atoms with Gasteiger partial charge in [-0.1, -0.05) is 0 Å². The van der Waals surface area contributed by atoms with Gasteiger partial charge in [-0.3, -0.25) is 0 Å². The van der Waals surface area contributed by atoms with Crippen molar-refractivity contribution in [2.75, 3.05) is 46.2 Å². The molecule has 0 saturated heterocycles. The molecule has 3 unspecified atom stereocenters. The largest absolute Gasteiger partial charge is 0.437 e. The molecular formula is C20H49O10Si4. The van der Waals surface area contributed by atoms with E-state index >= 15 is 0 Å². The van der Waals surface area contributed by atoms with E-state index in [1.54, 1.807) is 0 Å². The van der Waals surface area contributed by atoms with Crippen molar-refractivity contribution in [1.29, 1.82) is 0 Å². The van der Waals surface area contributed by atoms with Crippen LogP contribution in [0.25, 0.3) is 0 Å². The third kappa shape index (κ3) is 19.6. The van der Waals surface area contributed by atoms with Gasteiger partial charge in [0.2, 0.25) is 0 Å². The summed E-state index contributed by atoms with van der Waals surface area (Å²) in [6.45, 7) is 17.0. The van der Waals surface area contributed by atoms with Crippen molar-refractivity contribution in [1.82, 2.24) is 0 Å².